The summed E-state index contributed by atoms with van der Waals surface area (Å²) in [5, 5.41) is 14.5. The number of nitrogens with zero attached hydrogens (tertiary/aromatic N) is 4. The van der Waals surface area contributed by atoms with E-state index in [0.717, 1.165) is 23.5 Å². The number of nitrogens with one attached hydrogen (secondary N) is 2. The maximum atomic E-state index is 12.9. The number of urea groups is 1. The molecule has 2 aromatic carbocycles. The first-order chi connectivity index (χ1) is 18.7. The number of hydrogen-bond acceptors (Lipinski definition) is 6. The number of morpholine rings is 1. The SMILES string of the molecule is O=C(Nc1ccc(-c2nc3c(c(N4CCOCC4)n2)CCN(C(=O)O)C3)cc1)Nc1cccc(C(F)(F)F)c1. The van der Waals surface area contributed by atoms with E-state index < -0.39 is 23.9 Å². The van der Waals surface area contributed by atoms with Crippen LogP contribution >= 0.6 is 0 Å². The molecule has 1 saturated heterocycles. The Morgan fingerprint density at radius 3 is 2.36 bits per heavy atom. The van der Waals surface area contributed by atoms with Crippen molar-refractivity contribution in [1.82, 2.24) is 14.9 Å². The lowest BCUT2D eigenvalue weighted by atomic mass is 10.0. The monoisotopic (exact) mass is 542 g/mol. The molecule has 3 aromatic rings. The molecule has 0 radical (unpaired) electrons. The highest BCUT2D eigenvalue weighted by Crippen LogP contribution is 2.32. The zero-order chi connectivity index (χ0) is 27.6. The van der Waals surface area contributed by atoms with E-state index in [9.17, 15) is 27.9 Å². The molecule has 1 fully saturated rings. The summed E-state index contributed by atoms with van der Waals surface area (Å²) in [6.45, 7) is 2.99. The minimum atomic E-state index is -4.52. The molecular weight excluding hydrogens is 517 g/mol. The minimum absolute atomic E-state index is 0.00690. The summed E-state index contributed by atoms with van der Waals surface area (Å²) in [6.07, 6.45) is -5.01. The van der Waals surface area contributed by atoms with E-state index in [-0.39, 0.29) is 12.2 Å². The number of amides is 3. The van der Waals surface area contributed by atoms with Crippen molar-refractivity contribution in [3.8, 4) is 11.4 Å². The highest BCUT2D eigenvalue weighted by molar-refractivity contribution is 5.99. The summed E-state index contributed by atoms with van der Waals surface area (Å²) < 4.78 is 44.3. The van der Waals surface area contributed by atoms with E-state index in [1.807, 2.05) is 0 Å². The van der Waals surface area contributed by atoms with Crippen LogP contribution in [0.4, 0.5) is 40.0 Å². The first kappa shape index (κ1) is 26.2. The van der Waals surface area contributed by atoms with Crippen LogP contribution in [0.3, 0.4) is 0 Å². The number of rotatable bonds is 4. The van der Waals surface area contributed by atoms with Crippen LogP contribution in [0.2, 0.25) is 0 Å². The van der Waals surface area contributed by atoms with E-state index in [0.29, 0.717) is 62.0 Å². The zero-order valence-corrected chi connectivity index (χ0v) is 20.7. The fourth-order valence-electron chi connectivity index (χ4n) is 4.51. The van der Waals surface area contributed by atoms with Crippen LogP contribution < -0.4 is 15.5 Å². The van der Waals surface area contributed by atoms with Crippen molar-refractivity contribution in [3.05, 3.63) is 65.4 Å². The molecule has 13 heteroatoms. The second-order valence-corrected chi connectivity index (χ2v) is 9.08. The van der Waals surface area contributed by atoms with Gasteiger partial charge in [-0.15, -0.1) is 0 Å². The van der Waals surface area contributed by atoms with Crippen LogP contribution in [-0.2, 0) is 23.9 Å². The molecule has 0 spiro atoms. The van der Waals surface area contributed by atoms with E-state index in [4.69, 9.17) is 9.72 Å². The van der Waals surface area contributed by atoms with E-state index in [1.54, 1.807) is 24.3 Å². The molecule has 39 heavy (non-hydrogen) atoms. The van der Waals surface area contributed by atoms with Gasteiger partial charge in [-0.2, -0.15) is 13.2 Å². The minimum Gasteiger partial charge on any atom is -0.465 e. The molecule has 3 heterocycles. The molecule has 0 unspecified atom stereocenters. The number of carbonyl (C=O) groups excluding carboxylic acids is 1. The van der Waals surface area contributed by atoms with E-state index in [2.05, 4.69) is 20.5 Å². The van der Waals surface area contributed by atoms with Gasteiger partial charge in [0.05, 0.1) is 31.0 Å². The molecule has 0 atom stereocenters. The highest BCUT2D eigenvalue weighted by Gasteiger charge is 2.31. The number of fused-ring (bicyclic) bond motifs is 1. The molecule has 204 valence electrons. The third-order valence-corrected chi connectivity index (χ3v) is 6.47. The van der Waals surface area contributed by atoms with Crippen LogP contribution in [0.15, 0.2) is 48.5 Å². The Morgan fingerprint density at radius 2 is 1.67 bits per heavy atom. The number of hydrogen-bond donors (Lipinski definition) is 3. The Bertz CT molecular complexity index is 1380. The Hall–Kier alpha value is -4.39. The lowest BCUT2D eigenvalue weighted by Crippen LogP contribution is -2.40. The second-order valence-electron chi connectivity index (χ2n) is 9.08. The van der Waals surface area contributed by atoms with Crippen molar-refractivity contribution >= 4 is 29.3 Å². The number of carboxylic acid groups (broad SMARTS) is 1. The van der Waals surface area contributed by atoms with Crippen LogP contribution in [0.5, 0.6) is 0 Å². The van der Waals surface area contributed by atoms with E-state index in [1.165, 1.54) is 17.0 Å². The molecule has 10 nitrogen and oxygen atoms in total. The van der Waals surface area contributed by atoms with Gasteiger partial charge in [-0.3, -0.25) is 0 Å². The van der Waals surface area contributed by atoms with Gasteiger partial charge in [0.1, 0.15) is 5.82 Å². The molecule has 2 aliphatic rings. The second kappa shape index (κ2) is 10.8. The van der Waals surface area contributed by atoms with Gasteiger partial charge in [0, 0.05) is 42.1 Å². The van der Waals surface area contributed by atoms with Crippen molar-refractivity contribution in [2.24, 2.45) is 0 Å². The smallest absolute Gasteiger partial charge is 0.416 e. The van der Waals surface area contributed by atoms with Crippen LogP contribution in [0, 0.1) is 0 Å². The maximum absolute atomic E-state index is 12.9. The van der Waals surface area contributed by atoms with Crippen molar-refractivity contribution in [1.29, 1.82) is 0 Å². The largest absolute Gasteiger partial charge is 0.465 e. The Labute approximate surface area is 221 Å². The average Bonchev–Trinajstić information content (AvgIpc) is 2.92. The maximum Gasteiger partial charge on any atom is 0.416 e. The summed E-state index contributed by atoms with van der Waals surface area (Å²) in [5.74, 6) is 1.19. The summed E-state index contributed by atoms with van der Waals surface area (Å²) in [7, 11) is 0. The number of alkyl halides is 3. The van der Waals surface area contributed by atoms with Gasteiger partial charge >= 0.3 is 18.3 Å². The first-order valence-electron chi connectivity index (χ1n) is 12.2. The lowest BCUT2D eigenvalue weighted by molar-refractivity contribution is -0.137. The van der Waals surface area contributed by atoms with Gasteiger partial charge in [0.15, 0.2) is 5.82 Å². The van der Waals surface area contributed by atoms with Crippen molar-refractivity contribution < 1.29 is 32.6 Å². The van der Waals surface area contributed by atoms with E-state index >= 15 is 0 Å². The summed E-state index contributed by atoms with van der Waals surface area (Å²) >= 11 is 0. The number of carbonyl (C=O) groups is 2. The quantitative estimate of drug-likeness (QED) is 0.438. The van der Waals surface area contributed by atoms with Crippen LogP contribution in [0.1, 0.15) is 16.8 Å². The highest BCUT2D eigenvalue weighted by atomic mass is 19.4. The molecule has 0 saturated carbocycles. The molecule has 0 bridgehead atoms. The standard InChI is InChI=1S/C26H25F3N6O4/c27-26(28,29)17-2-1-3-19(14-17)31-24(36)30-18-6-4-16(5-7-18)22-32-21-15-35(25(37)38)9-8-20(21)23(33-22)34-10-12-39-13-11-34/h1-7,14H,8-13,15H2,(H,37,38)(H2,30,31,36). The topological polar surface area (TPSA) is 120 Å². The molecular formula is C26H25F3N6O4. The molecule has 2 aliphatic heterocycles. The normalized spacial score (nSPS) is 15.5. The van der Waals surface area contributed by atoms with Gasteiger partial charge in [-0.1, -0.05) is 6.07 Å². The molecule has 3 N–H and O–H groups in total. The molecule has 0 aliphatic carbocycles. The summed E-state index contributed by atoms with van der Waals surface area (Å²) in [6, 6.07) is 10.3. The Morgan fingerprint density at radius 1 is 0.949 bits per heavy atom. The van der Waals surface area contributed by atoms with Crippen LogP contribution in [-0.4, -0.2) is 64.9 Å². The fraction of sp³-hybridized carbons (Fsp3) is 0.308. The third kappa shape index (κ3) is 6.03. The van der Waals surface area contributed by atoms with Crippen molar-refractivity contribution in [3.63, 3.8) is 0 Å². The number of benzene rings is 2. The predicted octanol–water partition coefficient (Wildman–Crippen LogP) is 4.68. The molecule has 3 amide bonds. The van der Waals surface area contributed by atoms with Gasteiger partial charge in [0.25, 0.3) is 0 Å². The number of halogens is 3. The van der Waals surface area contributed by atoms with Gasteiger partial charge < -0.3 is 30.3 Å². The van der Waals surface area contributed by atoms with Gasteiger partial charge in [-0.25, -0.2) is 19.6 Å². The molecule has 5 rings (SSSR count). The van der Waals surface area contributed by atoms with Crippen molar-refractivity contribution in [2.45, 2.75) is 19.1 Å². The van der Waals surface area contributed by atoms with Gasteiger partial charge in [-0.05, 0) is 48.9 Å². The Balaban J connectivity index is 1.35. The summed E-state index contributed by atoms with van der Waals surface area (Å²) in [5.41, 5.74) is 1.79. The predicted molar refractivity (Wildman–Crippen MR) is 137 cm³/mol. The fourth-order valence-corrected chi connectivity index (χ4v) is 4.51. The van der Waals surface area contributed by atoms with Crippen molar-refractivity contribution in [2.75, 3.05) is 48.4 Å². The first-order valence-corrected chi connectivity index (χ1v) is 12.2. The zero-order valence-electron chi connectivity index (χ0n) is 20.7. The number of anilines is 3. The number of aromatic nitrogens is 2. The number of ether oxygens (including phenoxy) is 1. The lowest BCUT2D eigenvalue weighted by Gasteiger charge is -2.33. The Kier molecular flexibility index (Phi) is 7.24. The van der Waals surface area contributed by atoms with Crippen LogP contribution in [0.25, 0.3) is 11.4 Å². The van der Waals surface area contributed by atoms with Gasteiger partial charge in [0.2, 0.25) is 0 Å². The average molecular weight is 543 g/mol. The summed E-state index contributed by atoms with van der Waals surface area (Å²) in [4.78, 5) is 36.9. The molecule has 1 aromatic heterocycles. The third-order valence-electron chi connectivity index (χ3n) is 6.47.